The molecule has 3 aromatic rings. The maximum Gasteiger partial charge on any atom is 0.269 e. The number of rotatable bonds is 12. The number of nitrogens with zero attached hydrogens (tertiary/aromatic N) is 3. The van der Waals surface area contributed by atoms with E-state index >= 15 is 0 Å². The molecule has 34 heavy (non-hydrogen) atoms. The monoisotopic (exact) mass is 462 g/mol. The van der Waals surface area contributed by atoms with Crippen LogP contribution in [0.2, 0.25) is 0 Å². The number of fused-ring (bicyclic) bond motifs is 1. The summed E-state index contributed by atoms with van der Waals surface area (Å²) in [6.07, 6.45) is 6.05. The van der Waals surface area contributed by atoms with Crippen LogP contribution in [0.1, 0.15) is 44.9 Å². The van der Waals surface area contributed by atoms with Gasteiger partial charge in [-0.3, -0.25) is 10.1 Å². The van der Waals surface area contributed by atoms with Crippen molar-refractivity contribution in [1.82, 2.24) is 9.88 Å². The molecule has 7 heteroatoms. The zero-order valence-electron chi connectivity index (χ0n) is 20.5. The smallest absolute Gasteiger partial charge is 0.269 e. The van der Waals surface area contributed by atoms with Crippen molar-refractivity contribution >= 4 is 34.4 Å². The molecule has 7 nitrogen and oxygen atoms in total. The molecule has 0 fully saturated rings. The van der Waals surface area contributed by atoms with E-state index in [4.69, 9.17) is 9.72 Å². The van der Waals surface area contributed by atoms with E-state index in [1.165, 1.54) is 12.1 Å². The van der Waals surface area contributed by atoms with Crippen molar-refractivity contribution in [2.75, 3.05) is 32.1 Å². The molecular weight excluding hydrogens is 428 g/mol. The Bertz CT molecular complexity index is 1120. The molecule has 0 saturated carbocycles. The van der Waals surface area contributed by atoms with E-state index < -0.39 is 4.92 Å². The Kier molecular flexibility index (Phi) is 8.99. The fourth-order valence-electron chi connectivity index (χ4n) is 3.95. The quantitative estimate of drug-likeness (QED) is 0.253. The average molecular weight is 463 g/mol. The Labute approximate surface area is 201 Å². The zero-order valence-corrected chi connectivity index (χ0v) is 20.5. The first-order chi connectivity index (χ1) is 16.4. The molecule has 0 amide bonds. The number of ether oxygens (including phenoxy) is 1. The minimum Gasteiger partial charge on any atom is -0.497 e. The summed E-state index contributed by atoms with van der Waals surface area (Å²) in [5, 5.41) is 15.6. The van der Waals surface area contributed by atoms with Crippen molar-refractivity contribution in [1.29, 1.82) is 0 Å². The standard InChI is InChI=1S/C27H34N4O3/c1-5-30(6-2)17-7-8-20(3)28-26-18-22(29-27-19-24(34-4)15-16-25(26)27)12-9-21-10-13-23(14-11-21)31(32)33/h9-16,18-20H,5-8,17H2,1-4H3,(H,28,29)/b12-9+/t20-/m1/s1. The van der Waals surface area contributed by atoms with Gasteiger partial charge in [0.1, 0.15) is 5.75 Å². The highest BCUT2D eigenvalue weighted by atomic mass is 16.6. The topological polar surface area (TPSA) is 80.5 Å². The van der Waals surface area contributed by atoms with Gasteiger partial charge >= 0.3 is 0 Å². The summed E-state index contributed by atoms with van der Waals surface area (Å²) in [4.78, 5) is 17.7. The number of pyridine rings is 1. The predicted octanol–water partition coefficient (Wildman–Crippen LogP) is 6.24. The number of hydrogen-bond acceptors (Lipinski definition) is 6. The Hall–Kier alpha value is -3.45. The molecule has 0 radical (unpaired) electrons. The van der Waals surface area contributed by atoms with Gasteiger partial charge < -0.3 is 15.0 Å². The molecule has 1 heterocycles. The largest absolute Gasteiger partial charge is 0.497 e. The van der Waals surface area contributed by atoms with Crippen molar-refractivity contribution in [3.8, 4) is 5.75 Å². The molecular formula is C27H34N4O3. The lowest BCUT2D eigenvalue weighted by Gasteiger charge is -2.21. The highest BCUT2D eigenvalue weighted by Crippen LogP contribution is 2.28. The van der Waals surface area contributed by atoms with Crippen molar-refractivity contribution in [2.45, 2.75) is 39.7 Å². The second-order valence-electron chi connectivity index (χ2n) is 8.37. The second kappa shape index (κ2) is 12.1. The number of hydrogen-bond donors (Lipinski definition) is 1. The van der Waals surface area contributed by atoms with E-state index in [2.05, 4.69) is 37.1 Å². The van der Waals surface area contributed by atoms with Gasteiger partial charge in [-0.05, 0) is 81.4 Å². The van der Waals surface area contributed by atoms with Gasteiger partial charge in [0.25, 0.3) is 5.69 Å². The molecule has 0 aliphatic heterocycles. The molecule has 2 aromatic carbocycles. The number of non-ortho nitro benzene ring substituents is 1. The van der Waals surface area contributed by atoms with E-state index in [9.17, 15) is 10.1 Å². The molecule has 1 atom stereocenters. The van der Waals surface area contributed by atoms with Crippen LogP contribution in [0, 0.1) is 10.1 Å². The molecule has 0 aliphatic carbocycles. The third-order valence-electron chi connectivity index (χ3n) is 6.00. The molecule has 0 bridgehead atoms. The van der Waals surface area contributed by atoms with Crippen LogP contribution in [0.5, 0.6) is 5.75 Å². The van der Waals surface area contributed by atoms with Crippen LogP contribution in [0.4, 0.5) is 11.4 Å². The maximum absolute atomic E-state index is 10.9. The zero-order chi connectivity index (χ0) is 24.5. The molecule has 1 aromatic heterocycles. The van der Waals surface area contributed by atoms with Crippen molar-refractivity contribution < 1.29 is 9.66 Å². The van der Waals surface area contributed by atoms with Crippen LogP contribution >= 0.6 is 0 Å². The minimum atomic E-state index is -0.396. The van der Waals surface area contributed by atoms with E-state index in [-0.39, 0.29) is 5.69 Å². The summed E-state index contributed by atoms with van der Waals surface area (Å²) in [5.41, 5.74) is 3.64. The number of anilines is 1. The van der Waals surface area contributed by atoms with Crippen LogP contribution in [-0.2, 0) is 0 Å². The van der Waals surface area contributed by atoms with Crippen LogP contribution in [0.25, 0.3) is 23.1 Å². The summed E-state index contributed by atoms with van der Waals surface area (Å²) in [5.74, 6) is 0.759. The van der Waals surface area contributed by atoms with Crippen LogP contribution in [0.3, 0.4) is 0 Å². The number of methoxy groups -OCH3 is 1. The molecule has 0 unspecified atom stereocenters. The van der Waals surface area contributed by atoms with Gasteiger partial charge in [-0.25, -0.2) is 4.98 Å². The Morgan fingerprint density at radius 3 is 2.50 bits per heavy atom. The normalized spacial score (nSPS) is 12.4. The van der Waals surface area contributed by atoms with E-state index in [0.717, 1.165) is 66.1 Å². The molecule has 1 N–H and O–H groups in total. The van der Waals surface area contributed by atoms with Gasteiger partial charge in [-0.15, -0.1) is 0 Å². The maximum atomic E-state index is 10.9. The second-order valence-corrected chi connectivity index (χ2v) is 8.37. The van der Waals surface area contributed by atoms with Gasteiger partial charge in [-0.2, -0.15) is 0 Å². The lowest BCUT2D eigenvalue weighted by Crippen LogP contribution is -2.25. The number of nitro groups is 1. The molecule has 0 spiro atoms. The Balaban J connectivity index is 1.82. The van der Waals surface area contributed by atoms with Crippen LogP contribution < -0.4 is 10.1 Å². The lowest BCUT2D eigenvalue weighted by atomic mass is 10.1. The third kappa shape index (κ3) is 6.78. The lowest BCUT2D eigenvalue weighted by molar-refractivity contribution is -0.384. The van der Waals surface area contributed by atoms with Crippen LogP contribution in [0.15, 0.2) is 48.5 Å². The fraction of sp³-hybridized carbons (Fsp3) is 0.370. The van der Waals surface area contributed by atoms with Crippen LogP contribution in [-0.4, -0.2) is 47.6 Å². The summed E-state index contributed by atoms with van der Waals surface area (Å²) in [6.45, 7) is 9.89. The summed E-state index contributed by atoms with van der Waals surface area (Å²) >= 11 is 0. The van der Waals surface area contributed by atoms with Gasteiger partial charge in [-0.1, -0.05) is 19.9 Å². The first kappa shape index (κ1) is 25.2. The fourth-order valence-corrected chi connectivity index (χ4v) is 3.95. The van der Waals surface area contributed by atoms with Crippen molar-refractivity contribution in [3.05, 3.63) is 69.9 Å². The minimum absolute atomic E-state index is 0.0783. The summed E-state index contributed by atoms with van der Waals surface area (Å²) in [6, 6.07) is 14.8. The molecule has 3 rings (SSSR count). The predicted molar refractivity (Wildman–Crippen MR) is 140 cm³/mol. The highest BCUT2D eigenvalue weighted by molar-refractivity contribution is 5.93. The average Bonchev–Trinajstić information content (AvgIpc) is 2.85. The van der Waals surface area contributed by atoms with E-state index in [1.807, 2.05) is 30.4 Å². The highest BCUT2D eigenvalue weighted by Gasteiger charge is 2.10. The number of nitrogens with one attached hydrogen (secondary N) is 1. The number of nitro benzene ring substituents is 1. The van der Waals surface area contributed by atoms with Gasteiger partial charge in [0.2, 0.25) is 0 Å². The molecule has 0 aliphatic rings. The first-order valence-corrected chi connectivity index (χ1v) is 11.8. The number of benzene rings is 2. The van der Waals surface area contributed by atoms with Gasteiger partial charge in [0.15, 0.2) is 0 Å². The summed E-state index contributed by atoms with van der Waals surface area (Å²) in [7, 11) is 1.65. The Morgan fingerprint density at radius 1 is 1.12 bits per heavy atom. The van der Waals surface area contributed by atoms with E-state index in [1.54, 1.807) is 19.2 Å². The van der Waals surface area contributed by atoms with Crippen molar-refractivity contribution in [2.24, 2.45) is 0 Å². The Morgan fingerprint density at radius 2 is 1.85 bits per heavy atom. The molecule has 0 saturated heterocycles. The SMILES string of the molecule is CCN(CC)CCC[C@@H](C)Nc1cc(/C=C/c2ccc([N+](=O)[O-])cc2)nc2cc(OC)ccc12. The number of aromatic nitrogens is 1. The molecule has 180 valence electrons. The van der Waals surface area contributed by atoms with Gasteiger partial charge in [0, 0.05) is 35.3 Å². The van der Waals surface area contributed by atoms with Gasteiger partial charge in [0.05, 0.1) is 23.2 Å². The third-order valence-corrected chi connectivity index (χ3v) is 6.00. The first-order valence-electron chi connectivity index (χ1n) is 11.8. The van der Waals surface area contributed by atoms with E-state index in [0.29, 0.717) is 6.04 Å². The summed E-state index contributed by atoms with van der Waals surface area (Å²) < 4.78 is 5.40. The van der Waals surface area contributed by atoms with Crippen molar-refractivity contribution in [3.63, 3.8) is 0 Å².